The second-order valence-corrected chi connectivity index (χ2v) is 9.30. The van der Waals surface area contributed by atoms with Crippen molar-refractivity contribution in [1.29, 1.82) is 0 Å². The van der Waals surface area contributed by atoms with Gasteiger partial charge in [-0.2, -0.15) is 0 Å². The summed E-state index contributed by atoms with van der Waals surface area (Å²) in [6, 6.07) is 17.5. The van der Waals surface area contributed by atoms with Gasteiger partial charge >= 0.3 is 0 Å². The molecule has 1 saturated heterocycles. The Bertz CT molecular complexity index is 1170. The Morgan fingerprint density at radius 1 is 0.973 bits per heavy atom. The second kappa shape index (κ2) is 13.7. The van der Waals surface area contributed by atoms with Crippen LogP contribution in [0.2, 0.25) is 5.02 Å². The van der Waals surface area contributed by atoms with Crippen LogP contribution < -0.4 is 9.64 Å². The molecule has 0 saturated carbocycles. The third-order valence-electron chi connectivity index (χ3n) is 6.26. The molecule has 1 unspecified atom stereocenters. The van der Waals surface area contributed by atoms with Gasteiger partial charge in [-0.05, 0) is 54.4 Å². The molecule has 0 bridgehead atoms. The molecule has 1 N–H and O–H groups in total. The van der Waals surface area contributed by atoms with E-state index in [-0.39, 0.29) is 48.3 Å². The smallest absolute Gasteiger partial charge is 0.167 e. The summed E-state index contributed by atoms with van der Waals surface area (Å²) < 4.78 is 32.7. The van der Waals surface area contributed by atoms with Crippen LogP contribution in [0.5, 0.6) is 5.75 Å². The highest BCUT2D eigenvalue weighted by Crippen LogP contribution is 2.26. The standard InChI is InChI=1S/C28H29ClF2N2O3.ClH/c29-25-3-1-2-4-26(25)33-15-13-32(14-16-33)18-23(34)19-36-28-12-10-22(31)17-24(28)27(35)11-7-20-5-8-21(30)9-6-20;/h1-6,8-10,12,17,23,34H,7,11,13-16,18-19H2;1H. The summed E-state index contributed by atoms with van der Waals surface area (Å²) in [6.07, 6.45) is -0.245. The van der Waals surface area contributed by atoms with E-state index < -0.39 is 11.9 Å². The van der Waals surface area contributed by atoms with Gasteiger partial charge < -0.3 is 14.7 Å². The summed E-state index contributed by atoms with van der Waals surface area (Å²) in [4.78, 5) is 17.2. The fraction of sp³-hybridized carbons (Fsp3) is 0.321. The van der Waals surface area contributed by atoms with Crippen LogP contribution in [0, 0.1) is 11.6 Å². The Morgan fingerprint density at radius 2 is 1.65 bits per heavy atom. The highest BCUT2D eigenvalue weighted by molar-refractivity contribution is 6.33. The van der Waals surface area contributed by atoms with Crippen LogP contribution in [0.4, 0.5) is 14.5 Å². The van der Waals surface area contributed by atoms with Crippen LogP contribution >= 0.6 is 24.0 Å². The van der Waals surface area contributed by atoms with Crippen molar-refractivity contribution < 1.29 is 23.4 Å². The maximum absolute atomic E-state index is 13.9. The van der Waals surface area contributed by atoms with Crippen LogP contribution in [0.3, 0.4) is 0 Å². The number of carbonyl (C=O) groups is 1. The fourth-order valence-corrected chi connectivity index (χ4v) is 4.56. The van der Waals surface area contributed by atoms with Crippen molar-refractivity contribution in [3.05, 3.63) is 94.5 Å². The lowest BCUT2D eigenvalue weighted by molar-refractivity contribution is 0.0655. The number of anilines is 1. The number of nitrogens with zero attached hydrogens (tertiary/aromatic N) is 2. The number of halogens is 4. The average Bonchev–Trinajstić information content (AvgIpc) is 2.88. The van der Waals surface area contributed by atoms with Gasteiger partial charge in [0.05, 0.1) is 16.3 Å². The summed E-state index contributed by atoms with van der Waals surface area (Å²) >= 11 is 6.31. The molecule has 5 nitrogen and oxygen atoms in total. The minimum atomic E-state index is -0.774. The van der Waals surface area contributed by atoms with E-state index in [1.165, 1.54) is 24.3 Å². The maximum Gasteiger partial charge on any atom is 0.167 e. The van der Waals surface area contributed by atoms with Crippen molar-refractivity contribution >= 4 is 35.5 Å². The SMILES string of the molecule is Cl.O=C(CCc1ccc(F)cc1)c1cc(F)ccc1OCC(O)CN1CCN(c2ccccc2Cl)CC1. The number of hydrogen-bond donors (Lipinski definition) is 1. The van der Waals surface area contributed by atoms with Crippen LogP contribution in [0.25, 0.3) is 0 Å². The van der Waals surface area contributed by atoms with E-state index in [9.17, 15) is 18.7 Å². The molecule has 198 valence electrons. The number of ether oxygens (including phenoxy) is 1. The summed E-state index contributed by atoms with van der Waals surface area (Å²) in [5.74, 6) is -0.918. The topological polar surface area (TPSA) is 53.0 Å². The van der Waals surface area contributed by atoms with Crippen LogP contribution in [0.1, 0.15) is 22.3 Å². The van der Waals surface area contributed by atoms with E-state index >= 15 is 0 Å². The number of rotatable bonds is 10. The number of carbonyl (C=O) groups excluding carboxylic acids is 1. The van der Waals surface area contributed by atoms with Crippen molar-refractivity contribution in [1.82, 2.24) is 4.90 Å². The number of hydrogen-bond acceptors (Lipinski definition) is 5. The zero-order valence-corrected chi connectivity index (χ0v) is 21.9. The molecule has 0 radical (unpaired) electrons. The third kappa shape index (κ3) is 8.14. The third-order valence-corrected chi connectivity index (χ3v) is 6.58. The van der Waals surface area contributed by atoms with Crippen LogP contribution in [-0.2, 0) is 6.42 Å². The monoisotopic (exact) mass is 550 g/mol. The normalized spacial score (nSPS) is 14.6. The fourth-order valence-electron chi connectivity index (χ4n) is 4.31. The molecule has 1 atom stereocenters. The van der Waals surface area contributed by atoms with Gasteiger partial charge in [0.25, 0.3) is 0 Å². The summed E-state index contributed by atoms with van der Waals surface area (Å²) in [7, 11) is 0. The van der Waals surface area contributed by atoms with Crippen LogP contribution in [0.15, 0.2) is 66.7 Å². The molecule has 37 heavy (non-hydrogen) atoms. The second-order valence-electron chi connectivity index (χ2n) is 8.89. The molecule has 0 aromatic heterocycles. The van der Waals surface area contributed by atoms with Crippen molar-refractivity contribution in [2.75, 3.05) is 44.2 Å². The predicted molar refractivity (Wildman–Crippen MR) is 144 cm³/mol. The Kier molecular flexibility index (Phi) is 10.7. The van der Waals surface area contributed by atoms with Gasteiger partial charge in [-0.1, -0.05) is 35.9 Å². The Labute approximate surface area is 227 Å². The lowest BCUT2D eigenvalue weighted by Gasteiger charge is -2.37. The molecular weight excluding hydrogens is 521 g/mol. The summed E-state index contributed by atoms with van der Waals surface area (Å²) in [5.41, 5.74) is 1.96. The molecule has 3 aromatic carbocycles. The quantitative estimate of drug-likeness (QED) is 0.342. The number of β-amino-alcohol motifs (C(OH)–C–C–N with tert-alkyl or cyclic N) is 1. The average molecular weight is 551 g/mol. The first-order valence-corrected chi connectivity index (χ1v) is 12.4. The summed E-state index contributed by atoms with van der Waals surface area (Å²) in [5, 5.41) is 11.3. The number of ketones is 1. The van der Waals surface area contributed by atoms with Gasteiger partial charge in [0.1, 0.15) is 30.1 Å². The van der Waals surface area contributed by atoms with Gasteiger partial charge in [-0.25, -0.2) is 8.78 Å². The van der Waals surface area contributed by atoms with Gasteiger partial charge in [0.2, 0.25) is 0 Å². The van der Waals surface area contributed by atoms with Crippen LogP contribution in [-0.4, -0.2) is 61.2 Å². The number of aryl methyl sites for hydroxylation is 1. The number of aliphatic hydroxyl groups excluding tert-OH is 1. The minimum Gasteiger partial charge on any atom is -0.490 e. The molecular formula is C28H30Cl2F2N2O3. The molecule has 1 heterocycles. The lowest BCUT2D eigenvalue weighted by Crippen LogP contribution is -2.49. The zero-order chi connectivity index (χ0) is 25.5. The van der Waals surface area contributed by atoms with E-state index in [0.717, 1.165) is 48.5 Å². The Balaban J connectivity index is 0.00000380. The summed E-state index contributed by atoms with van der Waals surface area (Å²) in [6.45, 7) is 3.53. The van der Waals surface area contributed by atoms with Gasteiger partial charge in [0, 0.05) is 39.1 Å². The minimum absolute atomic E-state index is 0. The number of Topliss-reactive ketones (excluding diaryl/α,β-unsaturated/α-hetero) is 1. The number of piperazine rings is 1. The lowest BCUT2D eigenvalue weighted by atomic mass is 10.0. The highest BCUT2D eigenvalue weighted by atomic mass is 35.5. The number of para-hydroxylation sites is 1. The molecule has 1 aliphatic heterocycles. The molecule has 0 amide bonds. The van der Waals surface area contributed by atoms with E-state index in [4.69, 9.17) is 16.3 Å². The van der Waals surface area contributed by atoms with Gasteiger partial charge in [-0.3, -0.25) is 9.69 Å². The van der Waals surface area contributed by atoms with Crippen molar-refractivity contribution in [3.8, 4) is 5.75 Å². The molecule has 9 heteroatoms. The Hall–Kier alpha value is -2.71. The van der Waals surface area contributed by atoms with Crippen molar-refractivity contribution in [3.63, 3.8) is 0 Å². The van der Waals surface area contributed by atoms with Crippen molar-refractivity contribution in [2.24, 2.45) is 0 Å². The van der Waals surface area contributed by atoms with E-state index in [2.05, 4.69) is 9.80 Å². The first kappa shape index (κ1) is 28.9. The highest BCUT2D eigenvalue weighted by Gasteiger charge is 2.22. The molecule has 3 aromatic rings. The zero-order valence-electron chi connectivity index (χ0n) is 20.3. The molecule has 4 rings (SSSR count). The van der Waals surface area contributed by atoms with Crippen molar-refractivity contribution in [2.45, 2.75) is 18.9 Å². The molecule has 0 aliphatic carbocycles. The molecule has 1 aliphatic rings. The van der Waals surface area contributed by atoms with E-state index in [1.54, 1.807) is 12.1 Å². The first-order chi connectivity index (χ1) is 17.4. The number of aliphatic hydroxyl groups is 1. The molecule has 1 fully saturated rings. The predicted octanol–water partition coefficient (Wildman–Crippen LogP) is 5.42. The van der Waals surface area contributed by atoms with E-state index in [1.807, 2.05) is 24.3 Å². The number of benzene rings is 3. The Morgan fingerprint density at radius 3 is 2.35 bits per heavy atom. The first-order valence-electron chi connectivity index (χ1n) is 12.0. The maximum atomic E-state index is 13.9. The van der Waals surface area contributed by atoms with Gasteiger partial charge in [0.15, 0.2) is 5.78 Å². The van der Waals surface area contributed by atoms with Gasteiger partial charge in [-0.15, -0.1) is 12.4 Å². The molecule has 0 spiro atoms. The largest absolute Gasteiger partial charge is 0.490 e. The van der Waals surface area contributed by atoms with E-state index in [0.29, 0.717) is 13.0 Å².